The van der Waals surface area contributed by atoms with Crippen LogP contribution in [0.4, 0.5) is 21.6 Å². The Kier molecular flexibility index (Phi) is 12.4. The van der Waals surface area contributed by atoms with Gasteiger partial charge in [-0.1, -0.05) is 36.8 Å². The van der Waals surface area contributed by atoms with Gasteiger partial charge in [-0.3, -0.25) is 24.2 Å². The number of benzene rings is 2. The van der Waals surface area contributed by atoms with Crippen LogP contribution in [0.3, 0.4) is 0 Å². The predicted molar refractivity (Wildman–Crippen MR) is 255 cm³/mol. The molecule has 6 aromatic heterocycles. The Morgan fingerprint density at radius 2 is 1.28 bits per heavy atom. The van der Waals surface area contributed by atoms with Crippen LogP contribution in [0.15, 0.2) is 97.8 Å². The normalized spacial score (nSPS) is 15.4. The molecule has 4 amide bonds. The number of aromatic nitrogens is 10. The topological polar surface area (TPSA) is 264 Å². The fourth-order valence-electron chi connectivity index (χ4n) is 7.97. The van der Waals surface area contributed by atoms with Crippen molar-refractivity contribution in [2.45, 2.75) is 31.8 Å². The molecule has 2 unspecified atom stereocenters. The van der Waals surface area contributed by atoms with E-state index in [-0.39, 0.29) is 35.7 Å². The predicted octanol–water partition coefficient (Wildman–Crippen LogP) is 5.32. The Labute approximate surface area is 389 Å². The molecule has 20 nitrogen and oxygen atoms in total. The van der Waals surface area contributed by atoms with Crippen molar-refractivity contribution in [3.8, 4) is 34.4 Å². The van der Waals surface area contributed by atoms with Gasteiger partial charge in [-0.2, -0.15) is 14.6 Å². The molecule has 67 heavy (non-hydrogen) atoms. The summed E-state index contributed by atoms with van der Waals surface area (Å²) in [4.78, 5) is 73.8. The minimum atomic E-state index is -0.222. The molecule has 2 saturated heterocycles. The summed E-state index contributed by atoms with van der Waals surface area (Å²) < 4.78 is 7.62. The Balaban J connectivity index is 0.000000168. The third-order valence-electron chi connectivity index (χ3n) is 11.2. The summed E-state index contributed by atoms with van der Waals surface area (Å²) in [6.07, 6.45) is 8.85. The second-order valence-electron chi connectivity index (χ2n) is 15.3. The minimum absolute atomic E-state index is 0.0380. The van der Waals surface area contributed by atoms with Gasteiger partial charge in [-0.25, -0.2) is 29.3 Å². The molecule has 336 valence electrons. The minimum Gasteiger partial charge on any atom is -0.383 e. The molecule has 2 atom stereocenters. The van der Waals surface area contributed by atoms with E-state index in [1.165, 1.54) is 41.6 Å². The summed E-state index contributed by atoms with van der Waals surface area (Å²) in [5, 5.41) is 17.9. The van der Waals surface area contributed by atoms with E-state index >= 15 is 0 Å². The average molecular weight is 933 g/mol. The number of nitrogen functional groups attached to an aromatic ring is 2. The van der Waals surface area contributed by atoms with Gasteiger partial charge >= 0.3 is 0 Å². The van der Waals surface area contributed by atoms with Gasteiger partial charge in [-0.15, -0.1) is 11.3 Å². The molecule has 10 rings (SSSR count). The molecule has 0 bridgehead atoms. The fraction of sp³-hybridized carbons (Fsp3) is 0.200. The van der Waals surface area contributed by atoms with Crippen LogP contribution >= 0.6 is 22.9 Å². The zero-order valence-corrected chi connectivity index (χ0v) is 37.4. The number of amides is 4. The number of fused-ring (bicyclic) bond motifs is 2. The molecule has 2 aliphatic heterocycles. The van der Waals surface area contributed by atoms with E-state index in [0.717, 1.165) is 24.0 Å². The van der Waals surface area contributed by atoms with Crippen molar-refractivity contribution in [3.05, 3.63) is 109 Å². The first-order valence-electron chi connectivity index (χ1n) is 20.8. The number of carbonyl (C=O) groups excluding carboxylic acids is 4. The highest BCUT2D eigenvalue weighted by molar-refractivity contribution is 7.14. The number of hydrogen-bond acceptors (Lipinski definition) is 16. The fourth-order valence-corrected chi connectivity index (χ4v) is 8.98. The van der Waals surface area contributed by atoms with E-state index in [2.05, 4.69) is 58.3 Å². The average Bonchev–Trinajstić information content (AvgIpc) is 4.21. The highest BCUT2D eigenvalue weighted by Gasteiger charge is 2.32. The SMILES string of the molecule is C=CC(=O)N1CCC(n2nc(-c3ccc(C(=O)Nc4cncs4)cc3)c3c(N)ncnc32)C1.CC#CC(=O)N1CCC(n2nc(-c3ccc(C(=O)Nc4ccns4)cc3)c3c(N)ncnc32)C1. The monoisotopic (exact) mass is 932 g/mol. The summed E-state index contributed by atoms with van der Waals surface area (Å²) in [5.41, 5.74) is 19.1. The van der Waals surface area contributed by atoms with Gasteiger partial charge in [0.25, 0.3) is 17.7 Å². The molecule has 0 aliphatic carbocycles. The van der Waals surface area contributed by atoms with Crippen molar-refractivity contribution >= 4 is 90.2 Å². The summed E-state index contributed by atoms with van der Waals surface area (Å²) in [5.74, 6) is 5.15. The van der Waals surface area contributed by atoms with Gasteiger partial charge in [0.1, 0.15) is 45.7 Å². The van der Waals surface area contributed by atoms with E-state index in [1.807, 2.05) is 33.6 Å². The Morgan fingerprint density at radius 1 is 0.746 bits per heavy atom. The maximum Gasteiger partial charge on any atom is 0.298 e. The molecular formula is C45H40N16O4S2. The lowest BCUT2D eigenvalue weighted by molar-refractivity contribution is -0.125. The van der Waals surface area contributed by atoms with Crippen LogP contribution in [0.1, 0.15) is 52.6 Å². The molecule has 8 aromatic rings. The van der Waals surface area contributed by atoms with Gasteiger partial charge in [-0.05, 0) is 73.6 Å². The first-order chi connectivity index (χ1) is 32.6. The number of nitrogens with zero attached hydrogens (tertiary/aromatic N) is 12. The molecule has 0 spiro atoms. The summed E-state index contributed by atoms with van der Waals surface area (Å²) in [7, 11) is 0. The largest absolute Gasteiger partial charge is 0.383 e. The zero-order valence-electron chi connectivity index (χ0n) is 35.7. The number of nitrogens with one attached hydrogen (secondary N) is 2. The lowest BCUT2D eigenvalue weighted by Gasteiger charge is -2.14. The third kappa shape index (κ3) is 9.00. The van der Waals surface area contributed by atoms with Crippen LogP contribution in [0, 0.1) is 11.8 Å². The molecule has 2 aromatic carbocycles. The van der Waals surface area contributed by atoms with E-state index in [4.69, 9.17) is 21.7 Å². The Morgan fingerprint density at radius 3 is 1.78 bits per heavy atom. The highest BCUT2D eigenvalue weighted by atomic mass is 32.1. The number of nitrogens with two attached hydrogens (primary N) is 2. The summed E-state index contributed by atoms with van der Waals surface area (Å²) in [6.45, 7) is 7.44. The van der Waals surface area contributed by atoms with E-state index in [1.54, 1.807) is 65.0 Å². The number of rotatable bonds is 9. The van der Waals surface area contributed by atoms with E-state index < -0.39 is 0 Å². The summed E-state index contributed by atoms with van der Waals surface area (Å²) in [6, 6.07) is 15.9. The molecule has 0 saturated carbocycles. The number of carbonyl (C=O) groups is 4. The Hall–Kier alpha value is -8.42. The molecule has 2 fully saturated rings. The maximum absolute atomic E-state index is 12.5. The number of likely N-dealkylation sites (tertiary alicyclic amines) is 2. The van der Waals surface area contributed by atoms with Crippen molar-refractivity contribution < 1.29 is 19.2 Å². The molecule has 0 radical (unpaired) electrons. The molecule has 8 heterocycles. The van der Waals surface area contributed by atoms with Gasteiger partial charge in [0, 0.05) is 54.6 Å². The van der Waals surface area contributed by atoms with Crippen molar-refractivity contribution in [2.75, 3.05) is 48.3 Å². The van der Waals surface area contributed by atoms with Crippen LogP contribution in [0.25, 0.3) is 44.6 Å². The van der Waals surface area contributed by atoms with Crippen LogP contribution in [0.5, 0.6) is 0 Å². The quantitative estimate of drug-likeness (QED) is 0.105. The van der Waals surface area contributed by atoms with Gasteiger partial charge in [0.05, 0.1) is 34.6 Å². The molecule has 6 N–H and O–H groups in total. The Bertz CT molecular complexity index is 3210. The van der Waals surface area contributed by atoms with E-state index in [9.17, 15) is 19.2 Å². The van der Waals surface area contributed by atoms with Crippen LogP contribution in [-0.2, 0) is 9.59 Å². The van der Waals surface area contributed by atoms with Crippen LogP contribution < -0.4 is 22.1 Å². The molecular weight excluding hydrogens is 893 g/mol. The van der Waals surface area contributed by atoms with Gasteiger partial charge < -0.3 is 31.9 Å². The maximum atomic E-state index is 12.5. The van der Waals surface area contributed by atoms with Crippen molar-refractivity contribution in [1.82, 2.24) is 58.7 Å². The third-order valence-corrected chi connectivity index (χ3v) is 12.6. The lowest BCUT2D eigenvalue weighted by Crippen LogP contribution is -2.28. The summed E-state index contributed by atoms with van der Waals surface area (Å²) >= 11 is 2.57. The van der Waals surface area contributed by atoms with Crippen molar-refractivity contribution in [2.24, 2.45) is 0 Å². The van der Waals surface area contributed by atoms with Crippen LogP contribution in [-0.4, -0.2) is 108 Å². The van der Waals surface area contributed by atoms with Gasteiger partial charge in [0.15, 0.2) is 11.3 Å². The smallest absolute Gasteiger partial charge is 0.298 e. The second kappa shape index (κ2) is 19.0. The second-order valence-corrected chi connectivity index (χ2v) is 17.0. The number of thiazole rings is 1. The van der Waals surface area contributed by atoms with E-state index in [0.29, 0.717) is 92.4 Å². The standard InChI is InChI=1S/C23H20N8O2S.C22H20N8O2S/c1-2-3-18(32)30-11-9-16(12-30)31-22-19(21(24)25-13-26-22)20(29-31)14-4-6-15(7-5-14)23(33)28-17-8-10-27-34-17;1-2-17(31)29-8-7-15(10-29)30-21-18(20(23)25-11-26-21)19(28-30)13-3-5-14(6-4-13)22(32)27-16-9-24-12-33-16/h4-8,10,13,16H,9,11-12H2,1H3,(H,28,33)(H2,24,25,26);2-6,9,11-12,15H,1,7-8,10H2,(H,27,32)(H2,23,25,26). The lowest BCUT2D eigenvalue weighted by atomic mass is 10.1. The zero-order chi connectivity index (χ0) is 46.6. The molecule has 2 aliphatic rings. The first kappa shape index (κ1) is 43.8. The highest BCUT2D eigenvalue weighted by Crippen LogP contribution is 2.36. The molecule has 22 heteroatoms. The number of hydrogen-bond donors (Lipinski definition) is 4. The number of anilines is 4. The van der Waals surface area contributed by atoms with Crippen molar-refractivity contribution in [3.63, 3.8) is 0 Å². The van der Waals surface area contributed by atoms with Gasteiger partial charge in [0.2, 0.25) is 5.91 Å². The van der Waals surface area contributed by atoms with Crippen molar-refractivity contribution in [1.29, 1.82) is 0 Å². The first-order valence-corrected chi connectivity index (χ1v) is 22.5. The van der Waals surface area contributed by atoms with Crippen LogP contribution in [0.2, 0.25) is 0 Å².